The zero-order valence-electron chi connectivity index (χ0n) is 20.2. The standard InChI is InChI=1S/C27H19Cl3F3N2O3PS/c28-18-12-13-21(23(30)16-18)25(35-26(40)34-24-15-17(27(31,32)33)11-14-22(24)29)39(36,37-19-7-3-1-4-8-19)38-20-9-5-2-6-10-20/h1-16,25H,(H2,34,35,40)/t25-/m1/s1. The molecule has 0 saturated heterocycles. The van der Waals surface area contributed by atoms with Crippen molar-refractivity contribution in [3.05, 3.63) is 123 Å². The molecule has 0 fully saturated rings. The molecule has 4 rings (SSSR count). The maximum Gasteiger partial charge on any atom is 0.457 e. The van der Waals surface area contributed by atoms with Gasteiger partial charge in [0.2, 0.25) is 0 Å². The summed E-state index contributed by atoms with van der Waals surface area (Å²) in [5.41, 5.74) is -0.830. The maximum absolute atomic E-state index is 14.7. The third-order valence-corrected chi connectivity index (χ3v) is 8.42. The van der Waals surface area contributed by atoms with Crippen molar-refractivity contribution in [2.75, 3.05) is 5.32 Å². The highest BCUT2D eigenvalue weighted by Crippen LogP contribution is 2.60. The number of nitrogens with one attached hydrogen (secondary N) is 2. The highest BCUT2D eigenvalue weighted by molar-refractivity contribution is 7.80. The van der Waals surface area contributed by atoms with Gasteiger partial charge in [0, 0.05) is 15.6 Å². The van der Waals surface area contributed by atoms with Crippen molar-refractivity contribution in [2.24, 2.45) is 0 Å². The first-order valence-corrected chi connectivity index (χ1v) is 14.6. The molecule has 0 aromatic heterocycles. The van der Waals surface area contributed by atoms with E-state index in [0.717, 1.165) is 18.2 Å². The molecule has 0 spiro atoms. The zero-order chi connectivity index (χ0) is 28.9. The Bertz CT molecular complexity index is 1500. The second kappa shape index (κ2) is 12.7. The number of thiocarbonyl (C=S) groups is 1. The predicted octanol–water partition coefficient (Wildman–Crippen LogP) is 10.0. The summed E-state index contributed by atoms with van der Waals surface area (Å²) in [7, 11) is -4.32. The third-order valence-electron chi connectivity index (χ3n) is 5.33. The first-order valence-electron chi connectivity index (χ1n) is 11.4. The molecule has 13 heteroatoms. The lowest BCUT2D eigenvalue weighted by molar-refractivity contribution is -0.137. The highest BCUT2D eigenvalue weighted by Gasteiger charge is 2.43. The van der Waals surface area contributed by atoms with Gasteiger partial charge in [0.25, 0.3) is 0 Å². The number of halogens is 6. The number of anilines is 1. The van der Waals surface area contributed by atoms with Crippen molar-refractivity contribution in [3.63, 3.8) is 0 Å². The summed E-state index contributed by atoms with van der Waals surface area (Å²) in [5, 5.41) is 5.65. The number of hydrogen-bond acceptors (Lipinski definition) is 4. The average molecular weight is 646 g/mol. The monoisotopic (exact) mass is 644 g/mol. The Morgan fingerprint density at radius 1 is 0.800 bits per heavy atom. The van der Waals surface area contributed by atoms with Gasteiger partial charge in [-0.3, -0.25) is 0 Å². The van der Waals surface area contributed by atoms with Crippen LogP contribution in [0.25, 0.3) is 0 Å². The normalized spacial score (nSPS) is 12.3. The lowest BCUT2D eigenvalue weighted by atomic mass is 10.2. The number of benzene rings is 4. The van der Waals surface area contributed by atoms with Gasteiger partial charge in [-0.2, -0.15) is 13.2 Å². The molecule has 5 nitrogen and oxygen atoms in total. The van der Waals surface area contributed by atoms with Gasteiger partial charge in [0.15, 0.2) is 10.9 Å². The van der Waals surface area contributed by atoms with E-state index in [2.05, 4.69) is 10.6 Å². The van der Waals surface area contributed by atoms with Crippen LogP contribution >= 0.6 is 54.6 Å². The van der Waals surface area contributed by atoms with E-state index in [1.54, 1.807) is 60.7 Å². The summed E-state index contributed by atoms with van der Waals surface area (Å²) in [6.45, 7) is 0. The molecule has 0 saturated carbocycles. The Balaban J connectivity index is 1.76. The molecule has 4 aromatic rings. The lowest BCUT2D eigenvalue weighted by Crippen LogP contribution is -2.34. The quantitative estimate of drug-likeness (QED) is 0.147. The molecular weight excluding hydrogens is 627 g/mol. The smallest absolute Gasteiger partial charge is 0.414 e. The first-order chi connectivity index (χ1) is 18.9. The molecule has 0 heterocycles. The molecule has 0 aliphatic carbocycles. The van der Waals surface area contributed by atoms with Crippen LogP contribution in [0.3, 0.4) is 0 Å². The van der Waals surface area contributed by atoms with E-state index in [0.29, 0.717) is 5.02 Å². The maximum atomic E-state index is 14.7. The minimum atomic E-state index is -4.61. The number of alkyl halides is 3. The van der Waals surface area contributed by atoms with Crippen molar-refractivity contribution in [1.82, 2.24) is 5.32 Å². The van der Waals surface area contributed by atoms with E-state index in [9.17, 15) is 17.7 Å². The number of rotatable bonds is 8. The second-order valence-corrected chi connectivity index (χ2v) is 11.8. The van der Waals surface area contributed by atoms with E-state index in [1.165, 1.54) is 18.2 Å². The lowest BCUT2D eigenvalue weighted by Gasteiger charge is -2.30. The van der Waals surface area contributed by atoms with Crippen molar-refractivity contribution in [3.8, 4) is 11.5 Å². The third kappa shape index (κ3) is 7.62. The minimum Gasteiger partial charge on any atom is -0.414 e. The van der Waals surface area contributed by atoms with Crippen LogP contribution in [-0.2, 0) is 10.7 Å². The summed E-state index contributed by atoms with van der Waals surface area (Å²) in [4.78, 5) is 0. The van der Waals surface area contributed by atoms with Crippen molar-refractivity contribution >= 4 is 65.4 Å². The van der Waals surface area contributed by atoms with Crippen molar-refractivity contribution in [1.29, 1.82) is 0 Å². The van der Waals surface area contributed by atoms with Gasteiger partial charge in [-0.15, -0.1) is 0 Å². The molecule has 208 valence electrons. The molecular formula is C27H19Cl3F3N2O3PS. The van der Waals surface area contributed by atoms with Crippen LogP contribution in [0.5, 0.6) is 11.5 Å². The van der Waals surface area contributed by atoms with Crippen LogP contribution < -0.4 is 19.7 Å². The number of para-hydroxylation sites is 2. The predicted molar refractivity (Wildman–Crippen MR) is 157 cm³/mol. The van der Waals surface area contributed by atoms with Gasteiger partial charge in [0.05, 0.1) is 16.3 Å². The van der Waals surface area contributed by atoms with Gasteiger partial charge in [-0.25, -0.2) is 4.57 Å². The molecule has 0 bridgehead atoms. The van der Waals surface area contributed by atoms with E-state index in [-0.39, 0.29) is 37.9 Å². The molecule has 2 N–H and O–H groups in total. The Hall–Kier alpha value is -2.94. The Morgan fingerprint density at radius 2 is 1.38 bits per heavy atom. The summed E-state index contributed by atoms with van der Waals surface area (Å²) in [6, 6.07) is 23.8. The fraction of sp³-hybridized carbons (Fsp3) is 0.0741. The van der Waals surface area contributed by atoms with Crippen LogP contribution in [0.1, 0.15) is 16.9 Å². The zero-order valence-corrected chi connectivity index (χ0v) is 24.1. The Morgan fingerprint density at radius 3 is 1.90 bits per heavy atom. The van der Waals surface area contributed by atoms with Crippen molar-refractivity contribution < 1.29 is 26.8 Å². The molecule has 0 radical (unpaired) electrons. The average Bonchev–Trinajstić information content (AvgIpc) is 2.89. The minimum absolute atomic E-state index is 0.0255. The topological polar surface area (TPSA) is 59.6 Å². The van der Waals surface area contributed by atoms with Crippen LogP contribution in [0.4, 0.5) is 18.9 Å². The van der Waals surface area contributed by atoms with E-state index in [1.807, 2.05) is 0 Å². The van der Waals surface area contributed by atoms with E-state index in [4.69, 9.17) is 56.1 Å². The van der Waals surface area contributed by atoms with Crippen molar-refractivity contribution in [2.45, 2.75) is 12.0 Å². The fourth-order valence-corrected chi connectivity index (χ4v) is 6.52. The van der Waals surface area contributed by atoms with Gasteiger partial charge in [-0.05, 0) is 66.8 Å². The largest absolute Gasteiger partial charge is 0.457 e. The molecule has 0 unspecified atom stereocenters. The first kappa shape index (κ1) is 30.0. The van der Waals surface area contributed by atoms with Gasteiger partial charge < -0.3 is 19.7 Å². The molecule has 1 atom stereocenters. The Labute approximate surface area is 248 Å². The number of hydrogen-bond donors (Lipinski definition) is 2. The van der Waals surface area contributed by atoms with Gasteiger partial charge >= 0.3 is 13.8 Å². The van der Waals surface area contributed by atoms with E-state index >= 15 is 0 Å². The van der Waals surface area contributed by atoms with Crippen LogP contribution in [-0.4, -0.2) is 5.11 Å². The molecule has 0 amide bonds. The molecule has 0 aliphatic rings. The van der Waals surface area contributed by atoms with E-state index < -0.39 is 25.1 Å². The van der Waals surface area contributed by atoms with Crippen LogP contribution in [0.2, 0.25) is 15.1 Å². The summed E-state index contributed by atoms with van der Waals surface area (Å²) in [6.07, 6.45) is -4.61. The van der Waals surface area contributed by atoms with Crippen LogP contribution in [0, 0.1) is 0 Å². The summed E-state index contributed by atoms with van der Waals surface area (Å²) in [5.74, 6) is -0.917. The summed E-state index contributed by atoms with van der Waals surface area (Å²) < 4.78 is 66.5. The summed E-state index contributed by atoms with van der Waals surface area (Å²) >= 11 is 24.2. The second-order valence-electron chi connectivity index (χ2n) is 8.21. The molecule has 4 aromatic carbocycles. The molecule has 40 heavy (non-hydrogen) atoms. The molecule has 0 aliphatic heterocycles. The fourth-order valence-electron chi connectivity index (χ4n) is 3.51. The Kier molecular flexibility index (Phi) is 9.54. The van der Waals surface area contributed by atoms with Gasteiger partial charge in [-0.1, -0.05) is 77.3 Å². The van der Waals surface area contributed by atoms with Crippen LogP contribution in [0.15, 0.2) is 97.1 Å². The highest BCUT2D eigenvalue weighted by atomic mass is 35.5. The SMILES string of the molecule is O=P(Oc1ccccc1)(Oc1ccccc1)[C@@H](NC(=S)Nc1cc(C(F)(F)F)ccc1Cl)c1ccc(Cl)cc1Cl. The van der Waals surface area contributed by atoms with Gasteiger partial charge in [0.1, 0.15) is 11.5 Å².